The number of aromatic nitrogens is 8. The van der Waals surface area contributed by atoms with Crippen LogP contribution in [0.3, 0.4) is 0 Å². The van der Waals surface area contributed by atoms with Crippen LogP contribution in [0.2, 0.25) is 5.28 Å². The number of nitrogen functional groups attached to an aromatic ring is 1. The average Bonchev–Trinajstić information content (AvgIpc) is 3.76. The van der Waals surface area contributed by atoms with E-state index in [1.165, 1.54) is 33.6 Å². The Hall–Kier alpha value is -5.17. The average molecular weight is 763 g/mol. The minimum Gasteiger partial charge on any atom is -0.382 e. The molecular formula is C42H55ClN12. The third-order valence-corrected chi connectivity index (χ3v) is 9.74. The highest BCUT2D eigenvalue weighted by Gasteiger charge is 2.17. The Kier molecular flexibility index (Phi) is 14.5. The maximum absolute atomic E-state index is 5.77. The van der Waals surface area contributed by atoms with Gasteiger partial charge in [-0.3, -0.25) is 19.2 Å². The summed E-state index contributed by atoms with van der Waals surface area (Å²) in [5.74, 6) is 2.00. The Bertz CT molecular complexity index is 2160. The van der Waals surface area contributed by atoms with Gasteiger partial charge in [0.1, 0.15) is 5.82 Å². The molecule has 8 rings (SSSR count). The van der Waals surface area contributed by atoms with Crippen molar-refractivity contribution in [2.24, 2.45) is 0 Å². The van der Waals surface area contributed by atoms with Gasteiger partial charge in [-0.15, -0.1) is 0 Å². The van der Waals surface area contributed by atoms with Crippen LogP contribution < -0.4 is 11.1 Å². The van der Waals surface area contributed by atoms with Gasteiger partial charge in [-0.25, -0.2) is 19.9 Å². The van der Waals surface area contributed by atoms with Crippen LogP contribution in [-0.2, 0) is 39.0 Å². The normalized spacial score (nSPS) is 13.5. The Morgan fingerprint density at radius 2 is 1.20 bits per heavy atom. The largest absolute Gasteiger partial charge is 0.382 e. The van der Waals surface area contributed by atoms with Crippen molar-refractivity contribution >= 4 is 29.2 Å². The summed E-state index contributed by atoms with van der Waals surface area (Å²) in [6, 6.07) is 20.7. The fourth-order valence-electron chi connectivity index (χ4n) is 6.57. The molecule has 2 aliphatic heterocycles. The van der Waals surface area contributed by atoms with Crippen LogP contribution in [0.1, 0.15) is 61.3 Å². The van der Waals surface area contributed by atoms with E-state index >= 15 is 0 Å². The third-order valence-electron chi connectivity index (χ3n) is 9.56. The van der Waals surface area contributed by atoms with E-state index in [4.69, 9.17) is 17.3 Å². The van der Waals surface area contributed by atoms with Gasteiger partial charge in [0.2, 0.25) is 11.2 Å². The van der Waals surface area contributed by atoms with Gasteiger partial charge in [0, 0.05) is 61.8 Å². The van der Waals surface area contributed by atoms with Crippen LogP contribution in [-0.4, -0.2) is 76.5 Å². The molecule has 0 amide bonds. The SMILES string of the molecule is CC.CCc1ccc(-c2ccnc(Cl)n2)cc1C.CCc1ccc(-c2ccnc(Nc3cc4n(n3)CCN(C)C4)n2)cc1C.CN1CCn2nc(N)cc2C1. The van der Waals surface area contributed by atoms with E-state index in [0.717, 1.165) is 80.4 Å². The van der Waals surface area contributed by atoms with Crippen LogP contribution in [0.4, 0.5) is 17.6 Å². The molecule has 0 spiro atoms. The predicted molar refractivity (Wildman–Crippen MR) is 224 cm³/mol. The Morgan fingerprint density at radius 1 is 0.673 bits per heavy atom. The van der Waals surface area contributed by atoms with Crippen LogP contribution >= 0.6 is 11.6 Å². The molecule has 4 aromatic heterocycles. The Labute approximate surface area is 330 Å². The minimum atomic E-state index is 0.287. The zero-order chi connectivity index (χ0) is 39.5. The number of nitrogens with two attached hydrogens (primary N) is 1. The molecule has 6 heterocycles. The zero-order valence-corrected chi connectivity index (χ0v) is 34.3. The fraction of sp³-hybridized carbons (Fsp3) is 0.381. The monoisotopic (exact) mass is 762 g/mol. The van der Waals surface area contributed by atoms with E-state index in [1.807, 2.05) is 36.7 Å². The van der Waals surface area contributed by atoms with Crippen LogP contribution in [0, 0.1) is 13.8 Å². The summed E-state index contributed by atoms with van der Waals surface area (Å²) in [6.45, 7) is 18.4. The van der Waals surface area contributed by atoms with Crippen LogP contribution in [0.5, 0.6) is 0 Å². The molecule has 0 atom stereocenters. The molecule has 290 valence electrons. The summed E-state index contributed by atoms with van der Waals surface area (Å²) in [4.78, 5) is 21.7. The Morgan fingerprint density at radius 3 is 1.75 bits per heavy atom. The van der Waals surface area contributed by atoms with Crippen molar-refractivity contribution in [3.05, 3.63) is 112 Å². The lowest BCUT2D eigenvalue weighted by Gasteiger charge is -2.22. The fourth-order valence-corrected chi connectivity index (χ4v) is 6.72. The smallest absolute Gasteiger partial charge is 0.228 e. The summed E-state index contributed by atoms with van der Waals surface area (Å²) < 4.78 is 4.04. The van der Waals surface area contributed by atoms with Gasteiger partial charge in [0.25, 0.3) is 0 Å². The van der Waals surface area contributed by atoms with E-state index in [2.05, 4.69) is 134 Å². The second-order valence-electron chi connectivity index (χ2n) is 13.6. The van der Waals surface area contributed by atoms with Crippen molar-refractivity contribution in [3.63, 3.8) is 0 Å². The number of halogens is 1. The molecule has 0 fully saturated rings. The molecule has 0 saturated carbocycles. The number of fused-ring (bicyclic) bond motifs is 2. The summed E-state index contributed by atoms with van der Waals surface area (Å²) in [6.07, 6.45) is 5.56. The summed E-state index contributed by atoms with van der Waals surface area (Å²) in [5.41, 5.74) is 17.3. The van der Waals surface area contributed by atoms with Crippen molar-refractivity contribution in [2.45, 2.75) is 80.6 Å². The number of benzene rings is 2. The summed E-state index contributed by atoms with van der Waals surface area (Å²) in [7, 11) is 4.23. The number of hydrogen-bond acceptors (Lipinski definition) is 10. The Balaban J connectivity index is 0.000000170. The molecule has 6 aromatic rings. The van der Waals surface area contributed by atoms with Crippen LogP contribution in [0.15, 0.2) is 73.1 Å². The van der Waals surface area contributed by atoms with Gasteiger partial charge in [-0.2, -0.15) is 10.2 Å². The first-order valence-electron chi connectivity index (χ1n) is 19.1. The van der Waals surface area contributed by atoms with E-state index in [1.54, 1.807) is 12.4 Å². The topological polar surface area (TPSA) is 132 Å². The molecule has 3 N–H and O–H groups in total. The van der Waals surface area contributed by atoms with Gasteiger partial charge in [-0.05, 0) is 98.9 Å². The number of hydrogen-bond donors (Lipinski definition) is 2. The minimum absolute atomic E-state index is 0.287. The second-order valence-corrected chi connectivity index (χ2v) is 13.9. The van der Waals surface area contributed by atoms with E-state index in [-0.39, 0.29) is 5.28 Å². The maximum Gasteiger partial charge on any atom is 0.228 e. The molecule has 2 aromatic carbocycles. The third kappa shape index (κ3) is 11.0. The number of likely N-dealkylation sites (N-methyl/N-ethyl adjacent to an activating group) is 2. The lowest BCUT2D eigenvalue weighted by atomic mass is 10.0. The number of rotatable bonds is 6. The summed E-state index contributed by atoms with van der Waals surface area (Å²) >= 11 is 5.77. The van der Waals surface area contributed by atoms with Gasteiger partial charge in [0.05, 0.1) is 35.9 Å². The first-order valence-corrected chi connectivity index (χ1v) is 19.5. The highest BCUT2D eigenvalue weighted by Crippen LogP contribution is 2.24. The lowest BCUT2D eigenvalue weighted by molar-refractivity contribution is 0.259. The molecule has 13 heteroatoms. The molecule has 2 aliphatic rings. The second kappa shape index (κ2) is 19.4. The van der Waals surface area contributed by atoms with Crippen LogP contribution in [0.25, 0.3) is 22.5 Å². The summed E-state index contributed by atoms with van der Waals surface area (Å²) in [5, 5.41) is 12.3. The zero-order valence-electron chi connectivity index (χ0n) is 33.5. The maximum atomic E-state index is 5.77. The van der Waals surface area contributed by atoms with Crippen molar-refractivity contribution in [3.8, 4) is 22.5 Å². The molecule has 0 aliphatic carbocycles. The van der Waals surface area contributed by atoms with Gasteiger partial charge in [0.15, 0.2) is 5.82 Å². The molecule has 0 radical (unpaired) electrons. The van der Waals surface area contributed by atoms with Crippen molar-refractivity contribution in [2.75, 3.05) is 38.2 Å². The number of nitrogens with one attached hydrogen (secondary N) is 1. The lowest BCUT2D eigenvalue weighted by Crippen LogP contribution is -2.30. The first-order chi connectivity index (χ1) is 26.6. The van der Waals surface area contributed by atoms with E-state index in [9.17, 15) is 0 Å². The molecule has 0 unspecified atom stereocenters. The highest BCUT2D eigenvalue weighted by atomic mass is 35.5. The molecular weight excluding hydrogens is 708 g/mol. The van der Waals surface area contributed by atoms with Crippen molar-refractivity contribution in [1.29, 1.82) is 0 Å². The molecule has 55 heavy (non-hydrogen) atoms. The first kappa shape index (κ1) is 41.0. The predicted octanol–water partition coefficient (Wildman–Crippen LogP) is 8.00. The van der Waals surface area contributed by atoms with Crippen molar-refractivity contribution in [1.82, 2.24) is 49.3 Å². The molecule has 12 nitrogen and oxygen atoms in total. The molecule has 0 saturated heterocycles. The quantitative estimate of drug-likeness (QED) is 0.161. The number of anilines is 3. The standard InChI is InChI=1S/C20H24N6.C13H13ClN2.C7H12N4.C2H6/c1-4-15-5-6-16(11-14(15)2)18-7-8-21-20(22-18)23-19-12-17-13-25(3)9-10-26(17)24-19;1-3-10-4-5-11(8-9(10)2)12-6-7-15-13(14)16-12;1-10-2-3-11-6(5-10)4-7(8)9-11;1-2/h5-8,11-12H,4,9-10,13H2,1-3H3,(H,21,22,23,24);4-8H,3H2,1-2H3;4H,2-3,5H2,1H3,(H2,8,9);1-2H3. The van der Waals surface area contributed by atoms with Gasteiger partial charge < -0.3 is 11.1 Å². The van der Waals surface area contributed by atoms with E-state index in [0.29, 0.717) is 11.8 Å². The number of aryl methyl sites for hydroxylation is 4. The van der Waals surface area contributed by atoms with Gasteiger partial charge in [-0.1, -0.05) is 52.0 Å². The van der Waals surface area contributed by atoms with E-state index < -0.39 is 0 Å². The highest BCUT2D eigenvalue weighted by molar-refractivity contribution is 6.28. The number of nitrogens with zero attached hydrogens (tertiary/aromatic N) is 10. The molecule has 0 bridgehead atoms. The van der Waals surface area contributed by atoms with Crippen molar-refractivity contribution < 1.29 is 0 Å². The van der Waals surface area contributed by atoms with Gasteiger partial charge >= 0.3 is 0 Å².